The number of nitrogens with one attached hydrogen (secondary N) is 3. The standard InChI is InChI=1S/C20H25ClN4O/c1-2-22-20(23-13-12-17-10-6-7-11-18(17)21)25-15-19(26)24-14-16-8-4-3-5-9-16/h3-11H,2,12-15H2,1H3,(H,24,26)(H2,22,23,25). The second-order valence-electron chi connectivity index (χ2n) is 5.73. The zero-order valence-corrected chi connectivity index (χ0v) is 15.7. The first-order valence-electron chi connectivity index (χ1n) is 8.75. The van der Waals surface area contributed by atoms with Gasteiger partial charge in [-0.15, -0.1) is 0 Å². The van der Waals surface area contributed by atoms with Crippen LogP contribution in [0.15, 0.2) is 59.6 Å². The van der Waals surface area contributed by atoms with E-state index in [0.29, 0.717) is 19.0 Å². The van der Waals surface area contributed by atoms with Crippen molar-refractivity contribution in [2.75, 3.05) is 19.6 Å². The highest BCUT2D eigenvalue weighted by Crippen LogP contribution is 2.14. The summed E-state index contributed by atoms with van der Waals surface area (Å²) in [4.78, 5) is 16.3. The molecule has 0 radical (unpaired) electrons. The summed E-state index contributed by atoms with van der Waals surface area (Å²) >= 11 is 6.16. The Morgan fingerprint density at radius 1 is 1.00 bits per heavy atom. The van der Waals surface area contributed by atoms with Crippen molar-refractivity contribution in [1.29, 1.82) is 0 Å². The Bertz CT molecular complexity index is 719. The number of amides is 1. The molecule has 6 heteroatoms. The third-order valence-corrected chi connectivity index (χ3v) is 4.07. The predicted octanol–water partition coefficient (Wildman–Crippen LogP) is 2.75. The van der Waals surface area contributed by atoms with Gasteiger partial charge in [0.1, 0.15) is 6.54 Å². The number of hydrogen-bond acceptors (Lipinski definition) is 2. The molecule has 0 aromatic heterocycles. The SMILES string of the molecule is CCNC(=NCC(=O)NCc1ccccc1)NCCc1ccccc1Cl. The summed E-state index contributed by atoms with van der Waals surface area (Å²) in [5, 5.41) is 9.99. The zero-order valence-electron chi connectivity index (χ0n) is 15.0. The van der Waals surface area contributed by atoms with Crippen molar-refractivity contribution in [3.05, 3.63) is 70.7 Å². The van der Waals surface area contributed by atoms with Crippen LogP contribution in [0.1, 0.15) is 18.1 Å². The van der Waals surface area contributed by atoms with Crippen LogP contribution in [-0.2, 0) is 17.8 Å². The minimum Gasteiger partial charge on any atom is -0.357 e. The number of halogens is 1. The van der Waals surface area contributed by atoms with Gasteiger partial charge in [-0.2, -0.15) is 0 Å². The third kappa shape index (κ3) is 7.15. The average molecular weight is 373 g/mol. The van der Waals surface area contributed by atoms with Gasteiger partial charge < -0.3 is 16.0 Å². The number of guanidine groups is 1. The van der Waals surface area contributed by atoms with Crippen molar-refractivity contribution < 1.29 is 4.79 Å². The van der Waals surface area contributed by atoms with E-state index in [9.17, 15) is 4.79 Å². The second kappa shape index (κ2) is 11.2. The van der Waals surface area contributed by atoms with Crippen LogP contribution in [0.3, 0.4) is 0 Å². The molecule has 0 heterocycles. The molecule has 0 saturated heterocycles. The van der Waals surface area contributed by atoms with Crippen LogP contribution in [0.25, 0.3) is 0 Å². The Kier molecular flexibility index (Phi) is 8.49. The summed E-state index contributed by atoms with van der Waals surface area (Å²) < 4.78 is 0. The fourth-order valence-electron chi connectivity index (χ4n) is 2.36. The first-order chi connectivity index (χ1) is 12.7. The van der Waals surface area contributed by atoms with Gasteiger partial charge in [-0.1, -0.05) is 60.1 Å². The number of carbonyl (C=O) groups excluding carboxylic acids is 1. The summed E-state index contributed by atoms with van der Waals surface area (Å²) in [7, 11) is 0. The van der Waals surface area contributed by atoms with Crippen LogP contribution in [0.5, 0.6) is 0 Å². The molecule has 2 aromatic carbocycles. The van der Waals surface area contributed by atoms with E-state index in [-0.39, 0.29) is 12.5 Å². The topological polar surface area (TPSA) is 65.5 Å². The minimum absolute atomic E-state index is 0.0776. The fourth-order valence-corrected chi connectivity index (χ4v) is 2.59. The number of benzene rings is 2. The van der Waals surface area contributed by atoms with Gasteiger partial charge in [0.15, 0.2) is 5.96 Å². The van der Waals surface area contributed by atoms with Crippen molar-refractivity contribution in [2.45, 2.75) is 19.9 Å². The maximum absolute atomic E-state index is 12.0. The highest BCUT2D eigenvalue weighted by Gasteiger charge is 2.03. The summed E-state index contributed by atoms with van der Waals surface area (Å²) in [6.07, 6.45) is 0.782. The lowest BCUT2D eigenvalue weighted by Crippen LogP contribution is -2.39. The molecule has 0 aliphatic heterocycles. The van der Waals surface area contributed by atoms with Crippen molar-refractivity contribution in [3.8, 4) is 0 Å². The number of carbonyl (C=O) groups is 1. The molecule has 0 aliphatic rings. The molecule has 2 rings (SSSR count). The van der Waals surface area contributed by atoms with E-state index in [4.69, 9.17) is 11.6 Å². The Balaban J connectivity index is 1.78. The minimum atomic E-state index is -0.114. The van der Waals surface area contributed by atoms with E-state index in [1.807, 2.05) is 61.5 Å². The molecule has 26 heavy (non-hydrogen) atoms. The molecule has 0 spiro atoms. The largest absolute Gasteiger partial charge is 0.357 e. The fraction of sp³-hybridized carbons (Fsp3) is 0.300. The number of aliphatic imine (C=N–C) groups is 1. The van der Waals surface area contributed by atoms with Crippen molar-refractivity contribution in [3.63, 3.8) is 0 Å². The van der Waals surface area contributed by atoms with Crippen LogP contribution in [0.4, 0.5) is 0 Å². The molecule has 5 nitrogen and oxygen atoms in total. The molecule has 2 aromatic rings. The van der Waals surface area contributed by atoms with Crippen LogP contribution >= 0.6 is 11.6 Å². The quantitative estimate of drug-likeness (QED) is 0.493. The average Bonchev–Trinajstić information content (AvgIpc) is 2.66. The summed E-state index contributed by atoms with van der Waals surface area (Å²) in [6, 6.07) is 17.6. The van der Waals surface area contributed by atoms with E-state index in [2.05, 4.69) is 20.9 Å². The van der Waals surface area contributed by atoms with Crippen LogP contribution in [-0.4, -0.2) is 31.5 Å². The number of hydrogen-bond donors (Lipinski definition) is 3. The Morgan fingerprint density at radius 3 is 2.46 bits per heavy atom. The molecule has 0 bridgehead atoms. The monoisotopic (exact) mass is 372 g/mol. The highest BCUT2D eigenvalue weighted by atomic mass is 35.5. The maximum Gasteiger partial charge on any atom is 0.242 e. The molecule has 3 N–H and O–H groups in total. The molecular formula is C20H25ClN4O. The van der Waals surface area contributed by atoms with Gasteiger partial charge in [-0.3, -0.25) is 4.79 Å². The van der Waals surface area contributed by atoms with Gasteiger partial charge in [0, 0.05) is 24.7 Å². The normalized spacial score (nSPS) is 11.1. The molecule has 0 aliphatic carbocycles. The number of rotatable bonds is 8. The van der Waals surface area contributed by atoms with Gasteiger partial charge in [-0.05, 0) is 30.5 Å². The van der Waals surface area contributed by atoms with E-state index in [0.717, 1.165) is 29.1 Å². The van der Waals surface area contributed by atoms with Crippen LogP contribution < -0.4 is 16.0 Å². The van der Waals surface area contributed by atoms with Gasteiger partial charge in [0.2, 0.25) is 5.91 Å². The molecule has 1 amide bonds. The lowest BCUT2D eigenvalue weighted by atomic mass is 10.1. The smallest absolute Gasteiger partial charge is 0.242 e. The first kappa shape index (κ1) is 19.8. The highest BCUT2D eigenvalue weighted by molar-refractivity contribution is 6.31. The Morgan fingerprint density at radius 2 is 1.73 bits per heavy atom. The van der Waals surface area contributed by atoms with Crippen LogP contribution in [0, 0.1) is 0 Å². The summed E-state index contributed by atoms with van der Waals surface area (Å²) in [5.41, 5.74) is 2.15. The third-order valence-electron chi connectivity index (χ3n) is 3.70. The molecule has 0 unspecified atom stereocenters. The van der Waals surface area contributed by atoms with E-state index < -0.39 is 0 Å². The van der Waals surface area contributed by atoms with Gasteiger partial charge in [0.25, 0.3) is 0 Å². The second-order valence-corrected chi connectivity index (χ2v) is 6.13. The van der Waals surface area contributed by atoms with Crippen molar-refractivity contribution in [2.24, 2.45) is 4.99 Å². The van der Waals surface area contributed by atoms with Gasteiger partial charge in [-0.25, -0.2) is 4.99 Å². The molecule has 0 atom stereocenters. The lowest BCUT2D eigenvalue weighted by molar-refractivity contribution is -0.119. The van der Waals surface area contributed by atoms with Gasteiger partial charge in [0.05, 0.1) is 0 Å². The lowest BCUT2D eigenvalue weighted by Gasteiger charge is -2.12. The predicted molar refractivity (Wildman–Crippen MR) is 107 cm³/mol. The number of nitrogens with zero attached hydrogens (tertiary/aromatic N) is 1. The Hall–Kier alpha value is -2.53. The molecule has 0 fully saturated rings. The van der Waals surface area contributed by atoms with E-state index in [1.54, 1.807) is 0 Å². The van der Waals surface area contributed by atoms with Crippen molar-refractivity contribution >= 4 is 23.5 Å². The van der Waals surface area contributed by atoms with E-state index in [1.165, 1.54) is 0 Å². The summed E-state index contributed by atoms with van der Waals surface area (Å²) in [6.45, 7) is 3.98. The van der Waals surface area contributed by atoms with Crippen LogP contribution in [0.2, 0.25) is 5.02 Å². The Labute approximate surface area is 159 Å². The zero-order chi connectivity index (χ0) is 18.6. The molecule has 0 saturated carbocycles. The first-order valence-corrected chi connectivity index (χ1v) is 9.13. The molecule has 138 valence electrons. The van der Waals surface area contributed by atoms with Gasteiger partial charge >= 0.3 is 0 Å². The molecular weight excluding hydrogens is 348 g/mol. The maximum atomic E-state index is 12.0. The van der Waals surface area contributed by atoms with E-state index >= 15 is 0 Å². The summed E-state index contributed by atoms with van der Waals surface area (Å²) in [5.74, 6) is 0.506. The van der Waals surface area contributed by atoms with Crippen molar-refractivity contribution in [1.82, 2.24) is 16.0 Å².